The summed E-state index contributed by atoms with van der Waals surface area (Å²) in [5.41, 5.74) is -0.456. The molecule has 0 atom stereocenters. The maximum absolute atomic E-state index is 10.8. The first-order chi connectivity index (χ1) is 7.12. The van der Waals surface area contributed by atoms with Gasteiger partial charge in [-0.25, -0.2) is 9.59 Å². The minimum absolute atomic E-state index is 0.115. The monoisotopic (exact) mass is 218 g/mol. The summed E-state index contributed by atoms with van der Waals surface area (Å²) in [4.78, 5) is 21.5. The molecule has 0 aromatic heterocycles. The topological polar surface area (TPSA) is 71.1 Å². The summed E-state index contributed by atoms with van der Waals surface area (Å²) >= 11 is 0. The second-order valence-corrected chi connectivity index (χ2v) is 3.42. The van der Waals surface area contributed by atoms with Crippen LogP contribution in [0.25, 0.3) is 0 Å². The minimum atomic E-state index is -0.750. The molecule has 0 aliphatic carbocycles. The van der Waals surface area contributed by atoms with Crippen molar-refractivity contribution in [2.75, 3.05) is 26.9 Å². The Kier molecular flexibility index (Phi) is 3.76. The van der Waals surface area contributed by atoms with Crippen molar-refractivity contribution in [1.29, 1.82) is 0 Å². The predicted octanol–water partition coefficient (Wildman–Crippen LogP) is 1.33. The van der Waals surface area contributed by atoms with Gasteiger partial charge in [0.15, 0.2) is 0 Å². The lowest BCUT2D eigenvalue weighted by molar-refractivity contribution is -0.0881. The zero-order chi connectivity index (χ0) is 11.3. The fourth-order valence-corrected chi connectivity index (χ4v) is 1.17. The molecular weight excluding hydrogens is 204 g/mol. The Balaban J connectivity index is 2.46. The van der Waals surface area contributed by atoms with E-state index in [2.05, 4.69) is 4.74 Å². The molecule has 86 valence electrons. The van der Waals surface area contributed by atoms with Gasteiger partial charge >= 0.3 is 12.3 Å². The zero-order valence-electron chi connectivity index (χ0n) is 8.78. The van der Waals surface area contributed by atoms with Gasteiger partial charge in [-0.2, -0.15) is 0 Å². The second-order valence-electron chi connectivity index (χ2n) is 3.42. The second kappa shape index (κ2) is 4.86. The number of hydrogen-bond donors (Lipinski definition) is 0. The molecule has 0 aromatic carbocycles. The van der Waals surface area contributed by atoms with Gasteiger partial charge in [-0.3, -0.25) is 0 Å². The molecule has 6 heteroatoms. The molecule has 1 aliphatic rings. The quantitative estimate of drug-likeness (QED) is 0.665. The Labute approximate surface area is 87.4 Å². The lowest BCUT2D eigenvalue weighted by Crippen LogP contribution is -2.42. The van der Waals surface area contributed by atoms with Gasteiger partial charge in [0.1, 0.15) is 19.8 Å². The third-order valence-corrected chi connectivity index (χ3v) is 2.41. The average Bonchev–Trinajstić information content (AvgIpc) is 2.28. The Bertz CT molecular complexity index is 239. The SMILES string of the molecule is CCC1(COC(=O)OC)COC(=O)OC1. The van der Waals surface area contributed by atoms with E-state index >= 15 is 0 Å². The lowest BCUT2D eigenvalue weighted by Gasteiger charge is -2.33. The zero-order valence-corrected chi connectivity index (χ0v) is 8.78. The highest BCUT2D eigenvalue weighted by Crippen LogP contribution is 2.27. The highest BCUT2D eigenvalue weighted by molar-refractivity contribution is 5.61. The van der Waals surface area contributed by atoms with Crippen LogP contribution in [0.2, 0.25) is 0 Å². The van der Waals surface area contributed by atoms with Crippen LogP contribution in [0.4, 0.5) is 9.59 Å². The van der Waals surface area contributed by atoms with Crippen LogP contribution >= 0.6 is 0 Å². The number of hydrogen-bond acceptors (Lipinski definition) is 6. The number of methoxy groups -OCH3 is 1. The van der Waals surface area contributed by atoms with E-state index in [4.69, 9.17) is 14.2 Å². The first kappa shape index (κ1) is 11.6. The number of rotatable bonds is 3. The van der Waals surface area contributed by atoms with Gasteiger partial charge in [-0.05, 0) is 6.42 Å². The van der Waals surface area contributed by atoms with Crippen LogP contribution in [0.5, 0.6) is 0 Å². The minimum Gasteiger partial charge on any atom is -0.438 e. The van der Waals surface area contributed by atoms with Gasteiger partial charge in [0.2, 0.25) is 0 Å². The highest BCUT2D eigenvalue weighted by atomic mass is 16.7. The van der Waals surface area contributed by atoms with Crippen molar-refractivity contribution >= 4 is 12.3 Å². The highest BCUT2D eigenvalue weighted by Gasteiger charge is 2.37. The van der Waals surface area contributed by atoms with Gasteiger partial charge in [0.05, 0.1) is 12.5 Å². The Morgan fingerprint density at radius 1 is 1.47 bits per heavy atom. The average molecular weight is 218 g/mol. The van der Waals surface area contributed by atoms with Crippen LogP contribution < -0.4 is 0 Å². The number of ether oxygens (including phenoxy) is 4. The fourth-order valence-electron chi connectivity index (χ4n) is 1.17. The Morgan fingerprint density at radius 3 is 2.53 bits per heavy atom. The van der Waals surface area contributed by atoms with E-state index < -0.39 is 17.7 Å². The van der Waals surface area contributed by atoms with Crippen LogP contribution in [-0.4, -0.2) is 39.2 Å². The smallest absolute Gasteiger partial charge is 0.438 e. The van der Waals surface area contributed by atoms with Crippen LogP contribution in [0.3, 0.4) is 0 Å². The molecule has 6 nitrogen and oxygen atoms in total. The standard InChI is InChI=1S/C9H14O6/c1-3-9(4-13-7(10)12-2)5-14-8(11)15-6-9/h3-6H2,1-2H3. The molecule has 0 radical (unpaired) electrons. The number of carbonyl (C=O) groups is 2. The largest absolute Gasteiger partial charge is 0.508 e. The number of carbonyl (C=O) groups excluding carboxylic acids is 2. The first-order valence-corrected chi connectivity index (χ1v) is 4.62. The molecule has 0 spiro atoms. The van der Waals surface area contributed by atoms with Crippen molar-refractivity contribution in [2.24, 2.45) is 5.41 Å². The summed E-state index contributed by atoms with van der Waals surface area (Å²) in [6.45, 7) is 2.41. The molecule has 0 bridgehead atoms. The summed E-state index contributed by atoms with van der Waals surface area (Å²) in [5.74, 6) is 0. The lowest BCUT2D eigenvalue weighted by atomic mass is 9.87. The van der Waals surface area contributed by atoms with E-state index in [1.807, 2.05) is 6.92 Å². The Hall–Kier alpha value is -1.46. The first-order valence-electron chi connectivity index (χ1n) is 4.62. The summed E-state index contributed by atoms with van der Waals surface area (Å²) in [6.07, 6.45) is -0.756. The third-order valence-electron chi connectivity index (χ3n) is 2.41. The molecule has 0 aromatic rings. The van der Waals surface area contributed by atoms with Crippen LogP contribution in [0.1, 0.15) is 13.3 Å². The fraction of sp³-hybridized carbons (Fsp3) is 0.778. The van der Waals surface area contributed by atoms with Gasteiger partial charge in [0, 0.05) is 0 Å². The van der Waals surface area contributed by atoms with Crippen molar-refractivity contribution < 1.29 is 28.5 Å². The van der Waals surface area contributed by atoms with Gasteiger partial charge in [-0.15, -0.1) is 0 Å². The Morgan fingerprint density at radius 2 is 2.07 bits per heavy atom. The molecule has 1 fully saturated rings. The number of cyclic esters (lactones) is 2. The van der Waals surface area contributed by atoms with Crippen molar-refractivity contribution in [1.82, 2.24) is 0 Å². The van der Waals surface area contributed by atoms with E-state index in [9.17, 15) is 9.59 Å². The molecule has 0 amide bonds. The van der Waals surface area contributed by atoms with Crippen molar-refractivity contribution in [3.63, 3.8) is 0 Å². The van der Waals surface area contributed by atoms with E-state index in [1.165, 1.54) is 7.11 Å². The van der Waals surface area contributed by atoms with Crippen molar-refractivity contribution in [3.05, 3.63) is 0 Å². The molecule has 0 saturated carbocycles. The van der Waals surface area contributed by atoms with Crippen molar-refractivity contribution in [3.8, 4) is 0 Å². The maximum atomic E-state index is 10.8. The summed E-state index contributed by atoms with van der Waals surface area (Å²) in [5, 5.41) is 0. The molecule has 1 heterocycles. The molecule has 15 heavy (non-hydrogen) atoms. The van der Waals surface area contributed by atoms with E-state index in [-0.39, 0.29) is 19.8 Å². The van der Waals surface area contributed by atoms with Gasteiger partial charge in [0.25, 0.3) is 0 Å². The molecule has 0 unspecified atom stereocenters. The summed E-state index contributed by atoms with van der Waals surface area (Å²) < 4.78 is 18.7. The van der Waals surface area contributed by atoms with E-state index in [0.29, 0.717) is 6.42 Å². The molecule has 1 rings (SSSR count). The molecule has 1 saturated heterocycles. The predicted molar refractivity (Wildman–Crippen MR) is 48.4 cm³/mol. The maximum Gasteiger partial charge on any atom is 0.508 e. The van der Waals surface area contributed by atoms with Crippen LogP contribution in [-0.2, 0) is 18.9 Å². The van der Waals surface area contributed by atoms with Crippen LogP contribution in [0, 0.1) is 5.41 Å². The van der Waals surface area contributed by atoms with Crippen molar-refractivity contribution in [2.45, 2.75) is 13.3 Å². The third kappa shape index (κ3) is 3.00. The van der Waals surface area contributed by atoms with Gasteiger partial charge in [-0.1, -0.05) is 6.92 Å². The van der Waals surface area contributed by atoms with E-state index in [0.717, 1.165) is 0 Å². The summed E-state index contributed by atoms with van der Waals surface area (Å²) in [7, 11) is 1.23. The molecule has 1 aliphatic heterocycles. The van der Waals surface area contributed by atoms with Gasteiger partial charge < -0.3 is 18.9 Å². The van der Waals surface area contributed by atoms with E-state index in [1.54, 1.807) is 0 Å². The molecular formula is C9H14O6. The van der Waals surface area contributed by atoms with Crippen LogP contribution in [0.15, 0.2) is 0 Å². The normalized spacial score (nSPS) is 18.7. The molecule has 0 N–H and O–H groups in total. The summed E-state index contributed by atoms with van der Waals surface area (Å²) in [6, 6.07) is 0.